The van der Waals surface area contributed by atoms with Gasteiger partial charge < -0.3 is 10.6 Å². The number of hydrogen-bond acceptors (Lipinski definition) is 3. The molecule has 0 fully saturated rings. The lowest BCUT2D eigenvalue weighted by molar-refractivity contribution is 0.251. The van der Waals surface area contributed by atoms with Crippen molar-refractivity contribution in [2.24, 2.45) is 5.14 Å². The first kappa shape index (κ1) is 16.0. The standard InChI is InChI=1S/C15H17N3O3S/c1-11-2-4-12(5-3-11)10-17-15(19)18-13-6-8-14(9-7-13)22(16,20)21/h2-9H,10H2,1H3,(H2,16,20,21)(H2,17,18,19). The zero-order valence-corrected chi connectivity index (χ0v) is 12.9. The number of primary sulfonamides is 1. The van der Waals surface area contributed by atoms with Crippen LogP contribution >= 0.6 is 0 Å². The number of benzene rings is 2. The zero-order chi connectivity index (χ0) is 16.2. The van der Waals surface area contributed by atoms with E-state index in [2.05, 4.69) is 10.6 Å². The molecular formula is C15H17N3O3S. The molecule has 6 nitrogen and oxygen atoms in total. The normalized spacial score (nSPS) is 11.0. The van der Waals surface area contributed by atoms with Crippen molar-refractivity contribution in [2.75, 3.05) is 5.32 Å². The Bertz CT molecular complexity index is 754. The lowest BCUT2D eigenvalue weighted by atomic mass is 10.1. The molecular weight excluding hydrogens is 302 g/mol. The average Bonchev–Trinajstić information content (AvgIpc) is 2.46. The number of nitrogens with two attached hydrogens (primary N) is 1. The second-order valence-corrected chi connectivity index (χ2v) is 6.42. The lowest BCUT2D eigenvalue weighted by Crippen LogP contribution is -2.28. The van der Waals surface area contributed by atoms with Gasteiger partial charge in [-0.3, -0.25) is 0 Å². The van der Waals surface area contributed by atoms with Gasteiger partial charge >= 0.3 is 6.03 Å². The van der Waals surface area contributed by atoms with Crippen molar-refractivity contribution in [2.45, 2.75) is 18.4 Å². The minimum atomic E-state index is -3.73. The summed E-state index contributed by atoms with van der Waals surface area (Å²) < 4.78 is 22.3. The van der Waals surface area contributed by atoms with E-state index >= 15 is 0 Å². The molecule has 2 amide bonds. The number of urea groups is 1. The highest BCUT2D eigenvalue weighted by molar-refractivity contribution is 7.89. The molecule has 0 unspecified atom stereocenters. The van der Waals surface area contributed by atoms with Gasteiger partial charge in [0.2, 0.25) is 10.0 Å². The van der Waals surface area contributed by atoms with Crippen LogP contribution in [0.1, 0.15) is 11.1 Å². The van der Waals surface area contributed by atoms with Crippen LogP contribution in [0.3, 0.4) is 0 Å². The molecule has 0 atom stereocenters. The monoisotopic (exact) mass is 319 g/mol. The molecule has 2 aromatic carbocycles. The Hall–Kier alpha value is -2.38. The first-order valence-corrected chi connectivity index (χ1v) is 8.12. The molecule has 0 radical (unpaired) electrons. The Kier molecular flexibility index (Phi) is 4.79. The van der Waals surface area contributed by atoms with Gasteiger partial charge in [-0.1, -0.05) is 29.8 Å². The maximum Gasteiger partial charge on any atom is 0.319 e. The molecule has 2 rings (SSSR count). The lowest BCUT2D eigenvalue weighted by Gasteiger charge is -2.08. The highest BCUT2D eigenvalue weighted by atomic mass is 32.2. The quantitative estimate of drug-likeness (QED) is 0.803. The van der Waals surface area contributed by atoms with Crippen LogP contribution in [0.25, 0.3) is 0 Å². The molecule has 2 aromatic rings. The van der Waals surface area contributed by atoms with Gasteiger partial charge in [-0.2, -0.15) is 0 Å². The minimum Gasteiger partial charge on any atom is -0.334 e. The number of carbonyl (C=O) groups excluding carboxylic acids is 1. The highest BCUT2D eigenvalue weighted by Gasteiger charge is 2.07. The van der Waals surface area contributed by atoms with Gasteiger partial charge in [-0.05, 0) is 36.8 Å². The van der Waals surface area contributed by atoms with Gasteiger partial charge in [0.15, 0.2) is 0 Å². The van der Waals surface area contributed by atoms with E-state index in [1.807, 2.05) is 31.2 Å². The molecule has 22 heavy (non-hydrogen) atoms. The minimum absolute atomic E-state index is 0.00175. The van der Waals surface area contributed by atoms with E-state index in [-0.39, 0.29) is 10.9 Å². The summed E-state index contributed by atoms with van der Waals surface area (Å²) >= 11 is 0. The molecule has 116 valence electrons. The molecule has 4 N–H and O–H groups in total. The summed E-state index contributed by atoms with van der Waals surface area (Å²) in [6, 6.07) is 13.1. The molecule has 0 heterocycles. The maximum absolute atomic E-state index is 11.8. The van der Waals surface area contributed by atoms with Crippen LogP contribution in [-0.4, -0.2) is 14.4 Å². The molecule has 0 saturated heterocycles. The van der Waals surface area contributed by atoms with Gasteiger partial charge in [0, 0.05) is 12.2 Å². The van der Waals surface area contributed by atoms with E-state index < -0.39 is 10.0 Å². The fourth-order valence-electron chi connectivity index (χ4n) is 1.79. The largest absolute Gasteiger partial charge is 0.334 e. The number of rotatable bonds is 4. The fraction of sp³-hybridized carbons (Fsp3) is 0.133. The maximum atomic E-state index is 11.8. The summed E-state index contributed by atoms with van der Waals surface area (Å²) in [7, 11) is -3.73. The molecule has 7 heteroatoms. The van der Waals surface area contributed by atoms with Crippen molar-refractivity contribution in [3.63, 3.8) is 0 Å². The summed E-state index contributed by atoms with van der Waals surface area (Å²) in [4.78, 5) is 11.8. The molecule has 0 aliphatic heterocycles. The number of amides is 2. The van der Waals surface area contributed by atoms with Gasteiger partial charge in [0.05, 0.1) is 4.90 Å². The van der Waals surface area contributed by atoms with Gasteiger partial charge in [0.25, 0.3) is 0 Å². The van der Waals surface area contributed by atoms with E-state index in [9.17, 15) is 13.2 Å². The Morgan fingerprint density at radius 3 is 2.18 bits per heavy atom. The molecule has 0 spiro atoms. The molecule has 0 saturated carbocycles. The first-order chi connectivity index (χ1) is 10.3. The van der Waals surface area contributed by atoms with Crippen LogP contribution in [0, 0.1) is 6.92 Å². The Labute approximate surface area is 129 Å². The molecule has 0 aliphatic carbocycles. The molecule has 0 aliphatic rings. The van der Waals surface area contributed by atoms with Crippen molar-refractivity contribution in [1.29, 1.82) is 0 Å². The number of hydrogen-bond donors (Lipinski definition) is 3. The van der Waals surface area contributed by atoms with Crippen LogP contribution in [0.15, 0.2) is 53.4 Å². The SMILES string of the molecule is Cc1ccc(CNC(=O)Nc2ccc(S(N)(=O)=O)cc2)cc1. The molecule has 0 bridgehead atoms. The third-order valence-electron chi connectivity index (χ3n) is 3.01. The predicted molar refractivity (Wildman–Crippen MR) is 84.9 cm³/mol. The second kappa shape index (κ2) is 6.59. The van der Waals surface area contributed by atoms with Crippen molar-refractivity contribution in [1.82, 2.24) is 5.32 Å². The Morgan fingerprint density at radius 1 is 1.05 bits per heavy atom. The summed E-state index contributed by atoms with van der Waals surface area (Å²) in [6.45, 7) is 2.40. The highest BCUT2D eigenvalue weighted by Crippen LogP contribution is 2.12. The summed E-state index contributed by atoms with van der Waals surface area (Å²) in [5, 5.41) is 10.3. The summed E-state index contributed by atoms with van der Waals surface area (Å²) in [6.07, 6.45) is 0. The van der Waals surface area contributed by atoms with Crippen molar-refractivity contribution < 1.29 is 13.2 Å². The van der Waals surface area contributed by atoms with Crippen LogP contribution in [-0.2, 0) is 16.6 Å². The van der Waals surface area contributed by atoms with Crippen LogP contribution in [0.2, 0.25) is 0 Å². The van der Waals surface area contributed by atoms with Crippen molar-refractivity contribution >= 4 is 21.7 Å². The molecule has 0 aromatic heterocycles. The van der Waals surface area contributed by atoms with Gasteiger partial charge in [0.1, 0.15) is 0 Å². The van der Waals surface area contributed by atoms with Crippen LogP contribution < -0.4 is 15.8 Å². The number of carbonyl (C=O) groups is 1. The smallest absolute Gasteiger partial charge is 0.319 e. The Morgan fingerprint density at radius 2 is 1.64 bits per heavy atom. The van der Waals surface area contributed by atoms with Crippen molar-refractivity contribution in [3.05, 3.63) is 59.7 Å². The third kappa shape index (κ3) is 4.57. The van der Waals surface area contributed by atoms with E-state index in [1.165, 1.54) is 24.3 Å². The number of sulfonamides is 1. The third-order valence-corrected chi connectivity index (χ3v) is 3.94. The second-order valence-electron chi connectivity index (χ2n) is 4.86. The van der Waals surface area contributed by atoms with E-state index in [0.717, 1.165) is 11.1 Å². The predicted octanol–water partition coefficient (Wildman–Crippen LogP) is 1.96. The van der Waals surface area contributed by atoms with Gasteiger partial charge in [-0.25, -0.2) is 18.4 Å². The number of anilines is 1. The first-order valence-electron chi connectivity index (χ1n) is 6.58. The van der Waals surface area contributed by atoms with E-state index in [4.69, 9.17) is 5.14 Å². The van der Waals surface area contributed by atoms with Gasteiger partial charge in [-0.15, -0.1) is 0 Å². The fourth-order valence-corrected chi connectivity index (χ4v) is 2.31. The van der Waals surface area contributed by atoms with Crippen molar-refractivity contribution in [3.8, 4) is 0 Å². The van der Waals surface area contributed by atoms with Crippen LogP contribution in [0.4, 0.5) is 10.5 Å². The summed E-state index contributed by atoms with van der Waals surface area (Å²) in [5.41, 5.74) is 2.63. The number of nitrogens with one attached hydrogen (secondary N) is 2. The van der Waals surface area contributed by atoms with Crippen LogP contribution in [0.5, 0.6) is 0 Å². The summed E-state index contributed by atoms with van der Waals surface area (Å²) in [5.74, 6) is 0. The Balaban J connectivity index is 1.90. The average molecular weight is 319 g/mol. The zero-order valence-electron chi connectivity index (χ0n) is 12.0. The van der Waals surface area contributed by atoms with E-state index in [0.29, 0.717) is 12.2 Å². The topological polar surface area (TPSA) is 101 Å². The number of aryl methyl sites for hydroxylation is 1. The van der Waals surface area contributed by atoms with E-state index in [1.54, 1.807) is 0 Å².